The topological polar surface area (TPSA) is 26.3 Å². The van der Waals surface area contributed by atoms with E-state index >= 15 is 0 Å². The minimum absolute atomic E-state index is 0.0956. The molecule has 8 atom stereocenters. The van der Waals surface area contributed by atoms with Gasteiger partial charge in [0.25, 0.3) is 0 Å². The van der Waals surface area contributed by atoms with Crippen molar-refractivity contribution in [2.75, 3.05) is 7.11 Å². The molecule has 0 aromatic carbocycles. The summed E-state index contributed by atoms with van der Waals surface area (Å²) < 4.78 is 33.1. The molecule has 4 heteroatoms. The molecule has 0 aromatic rings. The van der Waals surface area contributed by atoms with Crippen molar-refractivity contribution < 1.29 is 18.3 Å². The van der Waals surface area contributed by atoms with E-state index in [1.807, 2.05) is 0 Å². The first kappa shape index (κ1) is 21.6. The lowest BCUT2D eigenvalue weighted by Crippen LogP contribution is -2.55. The molecule has 29 heavy (non-hydrogen) atoms. The van der Waals surface area contributed by atoms with E-state index in [0.29, 0.717) is 36.0 Å². The number of methoxy groups -OCH3 is 1. The molecule has 4 fully saturated rings. The molecule has 0 bridgehead atoms. The Bertz CT molecular complexity index is 634. The van der Waals surface area contributed by atoms with Gasteiger partial charge in [0.15, 0.2) is 0 Å². The Morgan fingerprint density at radius 3 is 2.45 bits per heavy atom. The molecule has 0 amide bonds. The number of rotatable bonds is 4. The predicted octanol–water partition coefficient (Wildman–Crippen LogP) is 6.87. The van der Waals surface area contributed by atoms with E-state index in [-0.39, 0.29) is 30.1 Å². The summed E-state index contributed by atoms with van der Waals surface area (Å²) in [7, 11) is 1.47. The largest absolute Gasteiger partial charge is 0.469 e. The molecule has 4 saturated carbocycles. The van der Waals surface area contributed by atoms with Crippen LogP contribution in [0.25, 0.3) is 0 Å². The van der Waals surface area contributed by atoms with E-state index in [1.165, 1.54) is 32.8 Å². The highest BCUT2D eigenvalue weighted by Gasteiger charge is 2.62. The Morgan fingerprint density at radius 2 is 1.72 bits per heavy atom. The number of carbonyl (C=O) groups excluding carboxylic acids is 1. The highest BCUT2D eigenvalue weighted by molar-refractivity contribution is 5.69. The average molecular weight is 411 g/mol. The van der Waals surface area contributed by atoms with Crippen LogP contribution in [0.1, 0.15) is 91.4 Å². The van der Waals surface area contributed by atoms with Gasteiger partial charge in [-0.15, -0.1) is 0 Å². The van der Waals surface area contributed by atoms with Gasteiger partial charge in [-0.3, -0.25) is 4.79 Å². The van der Waals surface area contributed by atoms with Crippen molar-refractivity contribution in [3.8, 4) is 0 Å². The molecule has 0 radical (unpaired) electrons. The lowest BCUT2D eigenvalue weighted by molar-refractivity contribution is -0.164. The van der Waals surface area contributed by atoms with Crippen LogP contribution in [0.2, 0.25) is 0 Å². The normalized spacial score (nSPS) is 46.9. The van der Waals surface area contributed by atoms with Gasteiger partial charge in [-0.1, -0.05) is 20.8 Å². The average Bonchev–Trinajstić information content (AvgIpc) is 3.03. The summed E-state index contributed by atoms with van der Waals surface area (Å²) in [6.07, 6.45) is 9.56. The first-order valence-corrected chi connectivity index (χ1v) is 12.1. The molecule has 166 valence electrons. The van der Waals surface area contributed by atoms with Gasteiger partial charge in [0, 0.05) is 19.3 Å². The number of hydrogen-bond donors (Lipinski definition) is 0. The zero-order valence-corrected chi connectivity index (χ0v) is 18.8. The second-order valence-electron chi connectivity index (χ2n) is 11.5. The quantitative estimate of drug-likeness (QED) is 0.473. The maximum atomic E-state index is 14.1. The van der Waals surface area contributed by atoms with Crippen molar-refractivity contribution in [1.29, 1.82) is 0 Å². The summed E-state index contributed by atoms with van der Waals surface area (Å²) in [6.45, 7) is 7.20. The second kappa shape index (κ2) is 7.48. The van der Waals surface area contributed by atoms with E-state index < -0.39 is 5.92 Å². The molecular formula is C25H40F2O2. The van der Waals surface area contributed by atoms with Crippen LogP contribution in [0, 0.1) is 46.3 Å². The van der Waals surface area contributed by atoms with Crippen LogP contribution < -0.4 is 0 Å². The second-order valence-corrected chi connectivity index (χ2v) is 11.5. The van der Waals surface area contributed by atoms with E-state index in [9.17, 15) is 13.6 Å². The van der Waals surface area contributed by atoms with Gasteiger partial charge in [-0.25, -0.2) is 8.78 Å². The van der Waals surface area contributed by atoms with E-state index in [1.54, 1.807) is 0 Å². The maximum Gasteiger partial charge on any atom is 0.305 e. The van der Waals surface area contributed by atoms with Crippen LogP contribution in [0.3, 0.4) is 0 Å². The van der Waals surface area contributed by atoms with Gasteiger partial charge < -0.3 is 4.74 Å². The van der Waals surface area contributed by atoms with Crippen LogP contribution in [-0.2, 0) is 9.53 Å². The van der Waals surface area contributed by atoms with E-state index in [2.05, 4.69) is 20.8 Å². The zero-order chi connectivity index (χ0) is 21.0. The summed E-state index contributed by atoms with van der Waals surface area (Å²) in [4.78, 5) is 11.6. The maximum absolute atomic E-state index is 14.1. The minimum Gasteiger partial charge on any atom is -0.469 e. The van der Waals surface area contributed by atoms with Crippen LogP contribution in [-0.4, -0.2) is 19.0 Å². The molecule has 0 saturated heterocycles. The molecule has 0 N–H and O–H groups in total. The molecular weight excluding hydrogens is 370 g/mol. The summed E-state index contributed by atoms with van der Waals surface area (Å²) in [5.41, 5.74) is 0.485. The fourth-order valence-electron chi connectivity index (χ4n) is 8.80. The Morgan fingerprint density at radius 1 is 1.00 bits per heavy atom. The summed E-state index contributed by atoms with van der Waals surface area (Å²) in [5, 5.41) is 0. The van der Waals surface area contributed by atoms with Gasteiger partial charge in [0.2, 0.25) is 5.92 Å². The zero-order valence-electron chi connectivity index (χ0n) is 18.8. The SMILES string of the molecule is COC(=O)CC[C@@H](C)C1CC[C@H]2[C@@H]3CC[C@@H]4CC(F)(F)CCC4(C)[C@H]3CC[C@]12C. The number of hydrogen-bond acceptors (Lipinski definition) is 2. The van der Waals surface area contributed by atoms with Gasteiger partial charge >= 0.3 is 5.97 Å². The van der Waals surface area contributed by atoms with Crippen molar-refractivity contribution in [2.24, 2.45) is 46.3 Å². The molecule has 4 aliphatic carbocycles. The number of carbonyl (C=O) groups is 1. The molecule has 4 rings (SSSR count). The van der Waals surface area contributed by atoms with Crippen molar-refractivity contribution in [1.82, 2.24) is 0 Å². The Labute approximate surface area is 175 Å². The fourth-order valence-corrected chi connectivity index (χ4v) is 8.80. The predicted molar refractivity (Wildman–Crippen MR) is 111 cm³/mol. The first-order valence-electron chi connectivity index (χ1n) is 12.1. The van der Waals surface area contributed by atoms with E-state index in [4.69, 9.17) is 4.74 Å². The Hall–Kier alpha value is -0.670. The summed E-state index contributed by atoms with van der Waals surface area (Å²) in [5.74, 6) is 1.01. The first-order chi connectivity index (χ1) is 13.6. The molecule has 0 aromatic heterocycles. The number of alkyl halides is 2. The van der Waals surface area contributed by atoms with Crippen LogP contribution in [0.4, 0.5) is 8.78 Å². The number of halogens is 2. The van der Waals surface area contributed by atoms with Crippen LogP contribution in [0.15, 0.2) is 0 Å². The Balaban J connectivity index is 1.49. The van der Waals surface area contributed by atoms with E-state index in [0.717, 1.165) is 31.1 Å². The summed E-state index contributed by atoms with van der Waals surface area (Å²) >= 11 is 0. The van der Waals surface area contributed by atoms with Crippen molar-refractivity contribution in [3.05, 3.63) is 0 Å². The van der Waals surface area contributed by atoms with Gasteiger partial charge in [-0.05, 0) is 97.7 Å². The lowest BCUT2D eigenvalue weighted by Gasteiger charge is -2.61. The number of ether oxygens (including phenoxy) is 1. The third kappa shape index (κ3) is 3.55. The van der Waals surface area contributed by atoms with Gasteiger partial charge in [-0.2, -0.15) is 0 Å². The van der Waals surface area contributed by atoms with Crippen molar-refractivity contribution >= 4 is 5.97 Å². The van der Waals surface area contributed by atoms with Gasteiger partial charge in [0.1, 0.15) is 0 Å². The molecule has 0 aliphatic heterocycles. The molecule has 2 nitrogen and oxygen atoms in total. The third-order valence-corrected chi connectivity index (χ3v) is 10.4. The lowest BCUT2D eigenvalue weighted by atomic mass is 9.44. The Kier molecular flexibility index (Phi) is 5.56. The molecule has 2 unspecified atom stereocenters. The van der Waals surface area contributed by atoms with Crippen molar-refractivity contribution in [2.45, 2.75) is 97.3 Å². The highest BCUT2D eigenvalue weighted by atomic mass is 19.3. The molecule has 0 spiro atoms. The summed E-state index contributed by atoms with van der Waals surface area (Å²) in [6, 6.07) is 0. The minimum atomic E-state index is -2.44. The van der Waals surface area contributed by atoms with Gasteiger partial charge in [0.05, 0.1) is 7.11 Å². The monoisotopic (exact) mass is 410 g/mol. The standard InChI is InChI=1S/C25H40F2O2/c1-16(5-10-22(28)29-4)19-8-9-20-18-7-6-17-15-25(26,27)14-13-23(17,2)21(18)11-12-24(19,20)3/h16-21H,5-15H2,1-4H3/t16-,17-,18+,19?,20+,21+,23?,24-/m1/s1. The number of esters is 1. The van der Waals surface area contributed by atoms with Crippen LogP contribution >= 0.6 is 0 Å². The fraction of sp³-hybridized carbons (Fsp3) is 0.960. The molecule has 0 heterocycles. The molecule has 4 aliphatic rings. The highest BCUT2D eigenvalue weighted by Crippen LogP contribution is 2.69. The van der Waals surface area contributed by atoms with Crippen molar-refractivity contribution in [3.63, 3.8) is 0 Å². The smallest absolute Gasteiger partial charge is 0.305 e. The third-order valence-electron chi connectivity index (χ3n) is 10.4. The number of fused-ring (bicyclic) bond motifs is 5. The van der Waals surface area contributed by atoms with Crippen LogP contribution in [0.5, 0.6) is 0 Å².